The molecule has 1 fully saturated rings. The van der Waals surface area contributed by atoms with Crippen molar-refractivity contribution in [3.63, 3.8) is 0 Å². The number of nitrogens with one attached hydrogen (secondary N) is 1. The minimum atomic E-state index is 0.791. The molecule has 0 bridgehead atoms. The Balaban J connectivity index is 1.54. The van der Waals surface area contributed by atoms with E-state index in [9.17, 15) is 0 Å². The molecule has 1 N–H and O–H groups in total. The largest absolute Gasteiger partial charge is 0.378 e. The van der Waals surface area contributed by atoms with Crippen molar-refractivity contribution < 1.29 is 0 Å². The molecule has 0 saturated carbocycles. The van der Waals surface area contributed by atoms with Crippen LogP contribution in [-0.4, -0.2) is 58.2 Å². The molecule has 6 heteroatoms. The quantitative estimate of drug-likeness (QED) is 0.674. The second-order valence-electron chi connectivity index (χ2n) is 6.39. The molecule has 0 amide bonds. The number of guanidine groups is 1. The summed E-state index contributed by atoms with van der Waals surface area (Å²) in [6.07, 6.45) is 0. The Morgan fingerprint density at radius 2 is 1.96 bits per heavy atom. The summed E-state index contributed by atoms with van der Waals surface area (Å²) in [5, 5.41) is 7.02. The van der Waals surface area contributed by atoms with E-state index in [2.05, 4.69) is 80.9 Å². The van der Waals surface area contributed by atoms with Crippen LogP contribution in [0, 0.1) is 0 Å². The van der Waals surface area contributed by atoms with Gasteiger partial charge in [-0.25, -0.2) is 0 Å². The van der Waals surface area contributed by atoms with Gasteiger partial charge in [-0.05, 0) is 35.2 Å². The van der Waals surface area contributed by atoms with Gasteiger partial charge in [0.25, 0.3) is 0 Å². The van der Waals surface area contributed by atoms with Crippen LogP contribution in [0.2, 0.25) is 0 Å². The van der Waals surface area contributed by atoms with Gasteiger partial charge in [0.1, 0.15) is 0 Å². The Kier molecular flexibility index (Phi) is 5.81. The summed E-state index contributed by atoms with van der Waals surface area (Å²) in [5.74, 6) is 0.987. The fourth-order valence-corrected chi connectivity index (χ4v) is 3.83. The Morgan fingerprint density at radius 3 is 2.60 bits per heavy atom. The number of aliphatic imine (C=N–C) groups is 1. The summed E-state index contributed by atoms with van der Waals surface area (Å²) in [5.41, 5.74) is 2.49. The van der Waals surface area contributed by atoms with E-state index in [4.69, 9.17) is 0 Å². The van der Waals surface area contributed by atoms with E-state index in [1.54, 1.807) is 0 Å². The second-order valence-corrected chi connectivity index (χ2v) is 7.32. The van der Waals surface area contributed by atoms with Crippen molar-refractivity contribution in [1.29, 1.82) is 0 Å². The lowest BCUT2D eigenvalue weighted by atomic mass is 10.2. The third-order valence-electron chi connectivity index (χ3n) is 4.49. The van der Waals surface area contributed by atoms with E-state index in [1.807, 2.05) is 18.4 Å². The number of anilines is 2. The predicted octanol–water partition coefficient (Wildman–Crippen LogP) is 2.71. The van der Waals surface area contributed by atoms with E-state index in [-0.39, 0.29) is 0 Å². The van der Waals surface area contributed by atoms with Crippen LogP contribution >= 0.6 is 11.3 Å². The molecule has 1 saturated heterocycles. The molecule has 1 aromatic heterocycles. The molecule has 0 atom stereocenters. The number of hydrogen-bond donors (Lipinski definition) is 1. The van der Waals surface area contributed by atoms with Gasteiger partial charge in [0.05, 0.1) is 5.00 Å². The zero-order chi connectivity index (χ0) is 17.6. The van der Waals surface area contributed by atoms with E-state index in [0.29, 0.717) is 0 Å². The number of rotatable bonds is 4. The first-order chi connectivity index (χ1) is 12.2. The fraction of sp³-hybridized carbons (Fsp3) is 0.421. The predicted molar refractivity (Wildman–Crippen MR) is 109 cm³/mol. The van der Waals surface area contributed by atoms with Crippen molar-refractivity contribution in [2.75, 3.05) is 57.1 Å². The highest BCUT2D eigenvalue weighted by molar-refractivity contribution is 7.14. The van der Waals surface area contributed by atoms with Gasteiger partial charge in [-0.3, -0.25) is 4.99 Å². The molecule has 2 aromatic rings. The second kappa shape index (κ2) is 8.25. The molecule has 0 unspecified atom stereocenters. The standard InChI is InChI=1S/C19H27N5S/c1-20-19(21-15-16-6-4-7-17(14-16)22(2)3)24-11-9-23(10-12-24)18-8-5-13-25-18/h4-8,13-14H,9-12,15H2,1-3H3,(H,20,21). The number of piperazine rings is 1. The van der Waals surface area contributed by atoms with Crippen LogP contribution in [-0.2, 0) is 6.54 Å². The molecule has 0 spiro atoms. The Labute approximate surface area is 154 Å². The van der Waals surface area contributed by atoms with E-state index in [0.717, 1.165) is 38.7 Å². The maximum Gasteiger partial charge on any atom is 0.194 e. The summed E-state index contributed by atoms with van der Waals surface area (Å²) in [6, 6.07) is 12.9. The lowest BCUT2D eigenvalue weighted by Crippen LogP contribution is -2.52. The highest BCUT2D eigenvalue weighted by Crippen LogP contribution is 2.22. The van der Waals surface area contributed by atoms with Gasteiger partial charge < -0.3 is 20.0 Å². The fourth-order valence-electron chi connectivity index (χ4n) is 3.05. The molecular weight excluding hydrogens is 330 g/mol. The molecule has 3 rings (SSSR count). The number of thiophene rings is 1. The minimum absolute atomic E-state index is 0.791. The maximum absolute atomic E-state index is 4.48. The van der Waals surface area contributed by atoms with Crippen LogP contribution in [0.25, 0.3) is 0 Å². The van der Waals surface area contributed by atoms with Crippen molar-refractivity contribution in [1.82, 2.24) is 10.2 Å². The zero-order valence-electron chi connectivity index (χ0n) is 15.3. The molecule has 1 aliphatic rings. The Morgan fingerprint density at radius 1 is 1.16 bits per heavy atom. The monoisotopic (exact) mass is 357 g/mol. The normalized spacial score (nSPS) is 15.4. The summed E-state index contributed by atoms with van der Waals surface area (Å²) in [7, 11) is 6.00. The molecular formula is C19H27N5S. The molecule has 1 aliphatic heterocycles. The van der Waals surface area contributed by atoms with E-state index in [1.165, 1.54) is 16.3 Å². The van der Waals surface area contributed by atoms with Gasteiger partial charge >= 0.3 is 0 Å². The third kappa shape index (κ3) is 4.45. The number of nitrogens with zero attached hydrogens (tertiary/aromatic N) is 4. The van der Waals surface area contributed by atoms with Crippen molar-refractivity contribution in [2.24, 2.45) is 4.99 Å². The van der Waals surface area contributed by atoms with Gasteiger partial charge in [-0.2, -0.15) is 0 Å². The zero-order valence-corrected chi connectivity index (χ0v) is 16.1. The van der Waals surface area contributed by atoms with Crippen molar-refractivity contribution in [2.45, 2.75) is 6.54 Å². The van der Waals surface area contributed by atoms with Crippen LogP contribution in [0.5, 0.6) is 0 Å². The maximum atomic E-state index is 4.48. The van der Waals surface area contributed by atoms with Gasteiger partial charge in [-0.15, -0.1) is 11.3 Å². The van der Waals surface area contributed by atoms with Crippen LogP contribution in [0.15, 0.2) is 46.8 Å². The average molecular weight is 358 g/mol. The molecule has 0 aliphatic carbocycles. The number of benzene rings is 1. The summed E-state index contributed by atoms with van der Waals surface area (Å²) in [4.78, 5) is 11.4. The van der Waals surface area contributed by atoms with Crippen LogP contribution in [0.3, 0.4) is 0 Å². The van der Waals surface area contributed by atoms with Crippen molar-refractivity contribution >= 4 is 28.0 Å². The van der Waals surface area contributed by atoms with Crippen LogP contribution in [0.4, 0.5) is 10.7 Å². The molecule has 25 heavy (non-hydrogen) atoms. The van der Waals surface area contributed by atoms with Crippen molar-refractivity contribution in [3.05, 3.63) is 47.3 Å². The van der Waals surface area contributed by atoms with Crippen LogP contribution in [0.1, 0.15) is 5.56 Å². The van der Waals surface area contributed by atoms with Crippen molar-refractivity contribution in [3.8, 4) is 0 Å². The first-order valence-corrected chi connectivity index (χ1v) is 9.55. The third-order valence-corrected chi connectivity index (χ3v) is 5.42. The van der Waals surface area contributed by atoms with E-state index < -0.39 is 0 Å². The highest BCUT2D eigenvalue weighted by Gasteiger charge is 2.20. The summed E-state index contributed by atoms with van der Waals surface area (Å²) >= 11 is 1.81. The Hall–Kier alpha value is -2.21. The lowest BCUT2D eigenvalue weighted by molar-refractivity contribution is 0.373. The molecule has 5 nitrogen and oxygen atoms in total. The van der Waals surface area contributed by atoms with Gasteiger partial charge in [-0.1, -0.05) is 12.1 Å². The summed E-state index contributed by atoms with van der Waals surface area (Å²) in [6.45, 7) is 4.86. The minimum Gasteiger partial charge on any atom is -0.378 e. The van der Waals surface area contributed by atoms with Gasteiger partial charge in [0.2, 0.25) is 0 Å². The highest BCUT2D eigenvalue weighted by atomic mass is 32.1. The number of hydrogen-bond acceptors (Lipinski definition) is 4. The van der Waals surface area contributed by atoms with Gasteiger partial charge in [0, 0.05) is 59.6 Å². The smallest absolute Gasteiger partial charge is 0.194 e. The molecule has 2 heterocycles. The SMILES string of the molecule is CN=C(NCc1cccc(N(C)C)c1)N1CCN(c2cccs2)CC1. The lowest BCUT2D eigenvalue weighted by Gasteiger charge is -2.37. The van der Waals surface area contributed by atoms with E-state index >= 15 is 0 Å². The molecule has 134 valence electrons. The molecule has 0 radical (unpaired) electrons. The summed E-state index contributed by atoms with van der Waals surface area (Å²) < 4.78 is 0. The van der Waals surface area contributed by atoms with Crippen LogP contribution < -0.4 is 15.1 Å². The molecule has 1 aromatic carbocycles. The first kappa shape index (κ1) is 17.6. The van der Waals surface area contributed by atoms with Gasteiger partial charge in [0.15, 0.2) is 5.96 Å². The first-order valence-electron chi connectivity index (χ1n) is 8.67. The topological polar surface area (TPSA) is 34.1 Å². The average Bonchev–Trinajstić information content (AvgIpc) is 3.18. The Bertz CT molecular complexity index is 688.